The van der Waals surface area contributed by atoms with Crippen LogP contribution in [0.4, 0.5) is 10.2 Å². The molecule has 1 aromatic heterocycles. The summed E-state index contributed by atoms with van der Waals surface area (Å²) in [6, 6.07) is 0.0230. The average molecular weight is 267 g/mol. The van der Waals surface area contributed by atoms with Crippen molar-refractivity contribution in [1.29, 1.82) is 0 Å². The minimum absolute atomic E-state index is 0.0230. The second-order valence-electron chi connectivity index (χ2n) is 3.92. The first-order valence-corrected chi connectivity index (χ1v) is 5.68. The number of halogens is 2. The third-order valence-corrected chi connectivity index (χ3v) is 2.84. The lowest BCUT2D eigenvalue weighted by Gasteiger charge is -2.21. The molecule has 0 amide bonds. The molecule has 1 aromatic rings. The summed E-state index contributed by atoms with van der Waals surface area (Å²) in [7, 11) is 0. The molecule has 4 nitrogen and oxygen atoms in total. The molecule has 1 unspecified atom stereocenters. The number of hydrogen-bond donors (Lipinski definition) is 2. The van der Waals surface area contributed by atoms with Crippen LogP contribution in [0.15, 0.2) is 35.7 Å². The minimum atomic E-state index is -0.645. The lowest BCUT2D eigenvalue weighted by atomic mass is 9.98. The topological polar surface area (TPSA) is 63.8 Å². The van der Waals surface area contributed by atoms with E-state index in [2.05, 4.69) is 21.9 Å². The third-order valence-electron chi connectivity index (χ3n) is 2.62. The Morgan fingerprint density at radius 2 is 2.33 bits per heavy atom. The molecule has 0 spiro atoms. The molecule has 3 N–H and O–H groups in total. The van der Waals surface area contributed by atoms with Crippen molar-refractivity contribution >= 4 is 23.0 Å². The van der Waals surface area contributed by atoms with Crippen LogP contribution in [0.2, 0.25) is 0 Å². The zero-order valence-electron chi connectivity index (χ0n) is 9.74. The Balaban J connectivity index is 2.36. The fourth-order valence-electron chi connectivity index (χ4n) is 1.61. The maximum Gasteiger partial charge on any atom is 0.183 e. The Labute approximate surface area is 109 Å². The number of allylic oxidation sites excluding steroid dienone is 2. The molecular weight excluding hydrogens is 255 g/mol. The monoisotopic (exact) mass is 266 g/mol. The molecule has 0 fully saturated rings. The first-order chi connectivity index (χ1) is 8.49. The van der Waals surface area contributed by atoms with Gasteiger partial charge < -0.3 is 11.1 Å². The van der Waals surface area contributed by atoms with Crippen LogP contribution in [-0.4, -0.2) is 16.0 Å². The fourth-order valence-corrected chi connectivity index (χ4v) is 1.79. The van der Waals surface area contributed by atoms with Crippen LogP contribution in [0.1, 0.15) is 12.7 Å². The summed E-state index contributed by atoms with van der Waals surface area (Å²) in [6.45, 7) is 5.86. The van der Waals surface area contributed by atoms with E-state index in [1.165, 1.54) is 0 Å². The summed E-state index contributed by atoms with van der Waals surface area (Å²) < 4.78 is 13.0. The molecule has 18 heavy (non-hydrogen) atoms. The van der Waals surface area contributed by atoms with Gasteiger partial charge in [0.1, 0.15) is 0 Å². The standard InChI is InChI=1S/C12H12ClFN4/c1-6(9-3-8(13)4-16-7(9)2)12-17-5-10(14)11(15)18-12/h3-5,7,16H,1H2,2H3,(H2,15,17,18). The van der Waals surface area contributed by atoms with E-state index in [1.54, 1.807) is 12.3 Å². The predicted molar refractivity (Wildman–Crippen MR) is 70.1 cm³/mol. The highest BCUT2D eigenvalue weighted by atomic mass is 35.5. The van der Waals surface area contributed by atoms with Gasteiger partial charge in [0.2, 0.25) is 0 Å². The number of anilines is 1. The molecule has 2 heterocycles. The smallest absolute Gasteiger partial charge is 0.183 e. The highest BCUT2D eigenvalue weighted by Gasteiger charge is 2.18. The van der Waals surface area contributed by atoms with E-state index in [4.69, 9.17) is 17.3 Å². The third kappa shape index (κ3) is 2.36. The summed E-state index contributed by atoms with van der Waals surface area (Å²) in [5.41, 5.74) is 6.81. The zero-order valence-corrected chi connectivity index (χ0v) is 10.5. The van der Waals surface area contributed by atoms with Crippen molar-refractivity contribution in [2.45, 2.75) is 13.0 Å². The number of nitrogens with zero attached hydrogens (tertiary/aromatic N) is 2. The SMILES string of the molecule is C=C(C1=CC(Cl)=CNC1C)c1ncc(F)c(N)n1. The second kappa shape index (κ2) is 4.78. The van der Waals surface area contributed by atoms with E-state index in [9.17, 15) is 4.39 Å². The Bertz CT molecular complexity index is 565. The Hall–Kier alpha value is -1.88. The van der Waals surface area contributed by atoms with Gasteiger partial charge in [0.15, 0.2) is 17.5 Å². The van der Waals surface area contributed by atoms with Gasteiger partial charge in [-0.1, -0.05) is 18.2 Å². The lowest BCUT2D eigenvalue weighted by Crippen LogP contribution is -2.26. The van der Waals surface area contributed by atoms with Gasteiger partial charge in [-0.25, -0.2) is 14.4 Å². The number of rotatable bonds is 2. The van der Waals surface area contributed by atoms with Crippen molar-refractivity contribution in [2.24, 2.45) is 0 Å². The van der Waals surface area contributed by atoms with Gasteiger partial charge >= 0.3 is 0 Å². The molecule has 0 aliphatic carbocycles. The van der Waals surface area contributed by atoms with E-state index in [1.807, 2.05) is 6.92 Å². The fraction of sp³-hybridized carbons (Fsp3) is 0.167. The second-order valence-corrected chi connectivity index (χ2v) is 4.36. The molecular formula is C12H12ClFN4. The van der Waals surface area contributed by atoms with Gasteiger partial charge in [-0.2, -0.15) is 0 Å². The number of nitrogens with two attached hydrogens (primary N) is 1. The quantitative estimate of drug-likeness (QED) is 0.861. The summed E-state index contributed by atoms with van der Waals surface area (Å²) in [6.07, 6.45) is 4.50. The van der Waals surface area contributed by atoms with Crippen molar-refractivity contribution in [2.75, 3.05) is 5.73 Å². The van der Waals surface area contributed by atoms with Crippen LogP contribution in [0.25, 0.3) is 5.57 Å². The maximum atomic E-state index is 13.0. The summed E-state index contributed by atoms with van der Waals surface area (Å²) in [5, 5.41) is 3.63. The largest absolute Gasteiger partial charge is 0.383 e. The first kappa shape index (κ1) is 12.6. The maximum absolute atomic E-state index is 13.0. The molecule has 2 rings (SSSR count). The van der Waals surface area contributed by atoms with Crippen molar-refractivity contribution in [1.82, 2.24) is 15.3 Å². The number of nitrogens with one attached hydrogen (secondary N) is 1. The van der Waals surface area contributed by atoms with Crippen molar-refractivity contribution in [3.05, 3.63) is 47.3 Å². The Morgan fingerprint density at radius 3 is 3.00 bits per heavy atom. The van der Waals surface area contributed by atoms with E-state index in [-0.39, 0.29) is 11.9 Å². The number of nitrogen functional groups attached to an aromatic ring is 1. The van der Waals surface area contributed by atoms with E-state index >= 15 is 0 Å². The zero-order chi connectivity index (χ0) is 13.3. The highest BCUT2D eigenvalue weighted by Crippen LogP contribution is 2.26. The molecule has 0 saturated heterocycles. The molecule has 1 atom stereocenters. The molecule has 1 aliphatic heterocycles. The minimum Gasteiger partial charge on any atom is -0.383 e. The molecule has 0 radical (unpaired) electrons. The number of hydrogen-bond acceptors (Lipinski definition) is 4. The van der Waals surface area contributed by atoms with Crippen LogP contribution >= 0.6 is 11.6 Å². The van der Waals surface area contributed by atoms with Crippen LogP contribution in [0, 0.1) is 5.82 Å². The number of dihydropyridines is 1. The van der Waals surface area contributed by atoms with E-state index < -0.39 is 5.82 Å². The molecule has 6 heteroatoms. The van der Waals surface area contributed by atoms with Gasteiger partial charge in [-0.15, -0.1) is 0 Å². The molecule has 0 aromatic carbocycles. The van der Waals surface area contributed by atoms with Gasteiger partial charge in [-0.05, 0) is 18.6 Å². The molecule has 0 saturated carbocycles. The van der Waals surface area contributed by atoms with Crippen molar-refractivity contribution in [3.8, 4) is 0 Å². The van der Waals surface area contributed by atoms with Gasteiger partial charge in [0.25, 0.3) is 0 Å². The summed E-state index contributed by atoms with van der Waals surface area (Å²) in [4.78, 5) is 7.75. The van der Waals surface area contributed by atoms with Gasteiger partial charge in [0.05, 0.1) is 11.2 Å². The first-order valence-electron chi connectivity index (χ1n) is 5.30. The molecule has 0 bridgehead atoms. The Kier molecular flexibility index (Phi) is 3.34. The lowest BCUT2D eigenvalue weighted by molar-refractivity contribution is 0.618. The Morgan fingerprint density at radius 1 is 1.61 bits per heavy atom. The van der Waals surface area contributed by atoms with E-state index in [0.29, 0.717) is 16.4 Å². The van der Waals surface area contributed by atoms with E-state index in [0.717, 1.165) is 11.8 Å². The molecule has 1 aliphatic rings. The van der Waals surface area contributed by atoms with Crippen LogP contribution in [0.5, 0.6) is 0 Å². The van der Waals surface area contributed by atoms with Crippen LogP contribution in [-0.2, 0) is 0 Å². The summed E-state index contributed by atoms with van der Waals surface area (Å²) in [5.74, 6) is -0.548. The predicted octanol–water partition coefficient (Wildman–Crippen LogP) is 2.21. The number of aromatic nitrogens is 2. The normalized spacial score (nSPS) is 18.7. The summed E-state index contributed by atoms with van der Waals surface area (Å²) >= 11 is 5.92. The van der Waals surface area contributed by atoms with Gasteiger partial charge in [0, 0.05) is 17.8 Å². The van der Waals surface area contributed by atoms with Crippen molar-refractivity contribution in [3.63, 3.8) is 0 Å². The average Bonchev–Trinajstić information content (AvgIpc) is 2.35. The van der Waals surface area contributed by atoms with Crippen LogP contribution < -0.4 is 11.1 Å². The van der Waals surface area contributed by atoms with Gasteiger partial charge in [-0.3, -0.25) is 0 Å². The van der Waals surface area contributed by atoms with Crippen LogP contribution in [0.3, 0.4) is 0 Å². The van der Waals surface area contributed by atoms with Crippen molar-refractivity contribution < 1.29 is 4.39 Å². The molecule has 94 valence electrons. The highest BCUT2D eigenvalue weighted by molar-refractivity contribution is 6.31.